The van der Waals surface area contributed by atoms with Gasteiger partial charge >= 0.3 is 24.1 Å². The third-order valence-electron chi connectivity index (χ3n) is 11.0. The van der Waals surface area contributed by atoms with Gasteiger partial charge in [-0.25, -0.2) is 14.4 Å². The molecule has 0 aromatic rings. The first-order valence-electron chi connectivity index (χ1n) is 19.2. The van der Waals surface area contributed by atoms with E-state index in [1.807, 2.05) is 26.8 Å². The van der Waals surface area contributed by atoms with Gasteiger partial charge in [-0.3, -0.25) is 14.6 Å². The van der Waals surface area contributed by atoms with Crippen molar-refractivity contribution < 1.29 is 48.7 Å². The van der Waals surface area contributed by atoms with Crippen molar-refractivity contribution in [2.45, 2.75) is 134 Å². The lowest BCUT2D eigenvalue weighted by Crippen LogP contribution is -2.53. The van der Waals surface area contributed by atoms with Gasteiger partial charge in [0.25, 0.3) is 0 Å². The standard InChI is InChI=1S/C39H61N3O10/c1-27(26-50-38(48)42-20-10-15-32(42)36(45)46)11-9-12-28(2)35-29(3)16-17-33(39(4,49)19-18-31(43)25-34(44)52-35)51-37(47)41-23-21-40(22-24-41)30-13-7-5-6-8-14-30/h9,11-12,16-17,27,29-33,35,43,49H,5-8,10,13-15,18-26H2,1-4H3,(H,45,46)/b11-9+,17-16+,28-12+/t27-,29+,31-,32+,33+,35-,39-/m1/s1. The predicted octanol–water partition coefficient (Wildman–Crippen LogP) is 5.06. The molecule has 0 aromatic carbocycles. The van der Waals surface area contributed by atoms with E-state index in [0.717, 1.165) is 13.1 Å². The van der Waals surface area contributed by atoms with Crippen molar-refractivity contribution in [2.24, 2.45) is 11.8 Å². The van der Waals surface area contributed by atoms with E-state index in [2.05, 4.69) is 4.90 Å². The minimum absolute atomic E-state index is 0.0662. The van der Waals surface area contributed by atoms with Crippen LogP contribution in [0.4, 0.5) is 9.59 Å². The third-order valence-corrected chi connectivity index (χ3v) is 11.0. The molecule has 4 rings (SSSR count). The van der Waals surface area contributed by atoms with Crippen LogP contribution in [0.5, 0.6) is 0 Å². The minimum atomic E-state index is -1.50. The summed E-state index contributed by atoms with van der Waals surface area (Å²) in [6.07, 6.45) is 13.5. The van der Waals surface area contributed by atoms with Gasteiger partial charge in [-0.1, -0.05) is 63.8 Å². The number of aliphatic hydroxyl groups is 2. The van der Waals surface area contributed by atoms with Gasteiger partial charge < -0.3 is 34.4 Å². The van der Waals surface area contributed by atoms with Crippen LogP contribution < -0.4 is 0 Å². The lowest BCUT2D eigenvalue weighted by Gasteiger charge is -2.40. The Balaban J connectivity index is 1.39. The van der Waals surface area contributed by atoms with Gasteiger partial charge in [0.1, 0.15) is 17.7 Å². The minimum Gasteiger partial charge on any atom is -0.480 e. The molecule has 3 N–H and O–H groups in total. The Labute approximate surface area is 308 Å². The number of carboxylic acids is 1. The Morgan fingerprint density at radius 1 is 1.00 bits per heavy atom. The molecule has 0 spiro atoms. The van der Waals surface area contributed by atoms with E-state index in [1.54, 1.807) is 36.1 Å². The van der Waals surface area contributed by atoms with Gasteiger partial charge in [-0.2, -0.15) is 0 Å². The maximum Gasteiger partial charge on any atom is 0.410 e. The van der Waals surface area contributed by atoms with Crippen LogP contribution in [0.3, 0.4) is 0 Å². The number of carbonyl (C=O) groups is 4. The first kappa shape index (κ1) is 41.3. The lowest BCUT2D eigenvalue weighted by atomic mass is 9.89. The Morgan fingerprint density at radius 3 is 2.37 bits per heavy atom. The molecule has 52 heavy (non-hydrogen) atoms. The fraction of sp³-hybridized carbons (Fsp3) is 0.744. The van der Waals surface area contributed by atoms with Gasteiger partial charge in [-0.05, 0) is 64.0 Å². The van der Waals surface area contributed by atoms with Crippen LogP contribution in [0.1, 0.15) is 98.3 Å². The first-order valence-corrected chi connectivity index (χ1v) is 19.2. The van der Waals surface area contributed by atoms with E-state index < -0.39 is 54.1 Å². The monoisotopic (exact) mass is 731 g/mol. The number of likely N-dealkylation sites (tertiary alicyclic amines) is 1. The van der Waals surface area contributed by atoms with Crippen LogP contribution in [0, 0.1) is 11.8 Å². The molecule has 3 heterocycles. The molecule has 13 nitrogen and oxygen atoms in total. The zero-order valence-corrected chi connectivity index (χ0v) is 31.5. The molecule has 3 aliphatic heterocycles. The Bertz CT molecular complexity index is 1300. The average Bonchev–Trinajstić information content (AvgIpc) is 3.46. The van der Waals surface area contributed by atoms with E-state index in [4.69, 9.17) is 14.2 Å². The van der Waals surface area contributed by atoms with E-state index in [-0.39, 0.29) is 37.7 Å². The van der Waals surface area contributed by atoms with E-state index >= 15 is 0 Å². The highest BCUT2D eigenvalue weighted by Gasteiger charge is 2.38. The highest BCUT2D eigenvalue weighted by molar-refractivity contribution is 5.80. The molecule has 3 fully saturated rings. The molecule has 0 aromatic heterocycles. The van der Waals surface area contributed by atoms with E-state index in [0.29, 0.717) is 44.1 Å². The molecule has 292 valence electrons. The van der Waals surface area contributed by atoms with Gasteiger partial charge in [-0.15, -0.1) is 0 Å². The molecule has 2 saturated heterocycles. The number of aliphatic hydroxyl groups excluding tert-OH is 1. The number of nitrogens with zero attached hydrogens (tertiary/aromatic N) is 3. The first-order chi connectivity index (χ1) is 24.7. The second-order valence-electron chi connectivity index (χ2n) is 15.4. The van der Waals surface area contributed by atoms with Gasteiger partial charge in [0, 0.05) is 50.6 Å². The Morgan fingerprint density at radius 2 is 1.69 bits per heavy atom. The zero-order valence-electron chi connectivity index (χ0n) is 31.5. The van der Waals surface area contributed by atoms with Gasteiger partial charge in [0.15, 0.2) is 6.10 Å². The largest absolute Gasteiger partial charge is 0.480 e. The van der Waals surface area contributed by atoms with Crippen molar-refractivity contribution in [1.82, 2.24) is 14.7 Å². The van der Waals surface area contributed by atoms with Gasteiger partial charge in [0.05, 0.1) is 19.1 Å². The van der Waals surface area contributed by atoms with Crippen molar-refractivity contribution >= 4 is 24.1 Å². The number of hydrogen-bond donors (Lipinski definition) is 3. The second-order valence-corrected chi connectivity index (χ2v) is 15.4. The normalized spacial score (nSPS) is 31.9. The van der Waals surface area contributed by atoms with Crippen LogP contribution in [0.15, 0.2) is 36.0 Å². The number of carboxylic acid groups (broad SMARTS) is 1. The van der Waals surface area contributed by atoms with E-state index in [9.17, 15) is 34.5 Å². The summed E-state index contributed by atoms with van der Waals surface area (Å²) in [5.74, 6) is -2.17. The fourth-order valence-electron chi connectivity index (χ4n) is 7.60. The van der Waals surface area contributed by atoms with E-state index in [1.165, 1.54) is 43.4 Å². The van der Waals surface area contributed by atoms with Crippen LogP contribution >= 0.6 is 0 Å². The number of piperazine rings is 1. The quantitative estimate of drug-likeness (QED) is 0.101. The summed E-state index contributed by atoms with van der Waals surface area (Å²) in [5.41, 5.74) is -0.782. The number of aliphatic carboxylic acids is 1. The zero-order chi connectivity index (χ0) is 37.8. The number of rotatable bonds is 8. The number of amides is 2. The maximum atomic E-state index is 13.4. The second kappa shape index (κ2) is 19.6. The third kappa shape index (κ3) is 12.1. The summed E-state index contributed by atoms with van der Waals surface area (Å²) in [4.78, 5) is 55.7. The SMILES string of the molecule is C/C(=C\C=C\[C@@H](C)COC(=O)N1CCC[C@H]1C(=O)O)[C@H]1OC(=O)C[C@H](O)CC[C@@](C)(O)[C@@H](OC(=O)N2CCN(C3CCCCCC3)CC2)/C=C/[C@@H]1C. The van der Waals surface area contributed by atoms with Crippen molar-refractivity contribution in [2.75, 3.05) is 39.3 Å². The summed E-state index contributed by atoms with van der Waals surface area (Å²) in [7, 11) is 0. The molecule has 0 radical (unpaired) electrons. The maximum absolute atomic E-state index is 13.4. The molecule has 4 aliphatic rings. The molecule has 0 unspecified atom stereocenters. The van der Waals surface area contributed by atoms with Crippen molar-refractivity contribution in [3.8, 4) is 0 Å². The number of allylic oxidation sites excluding steroid dienone is 2. The molecule has 0 bridgehead atoms. The van der Waals surface area contributed by atoms with Crippen LogP contribution in [0.25, 0.3) is 0 Å². The molecule has 1 saturated carbocycles. The smallest absolute Gasteiger partial charge is 0.410 e. The molecule has 2 amide bonds. The summed E-state index contributed by atoms with van der Waals surface area (Å²) in [6.45, 7) is 10.3. The van der Waals surface area contributed by atoms with Crippen molar-refractivity contribution in [3.63, 3.8) is 0 Å². The van der Waals surface area contributed by atoms with Crippen LogP contribution in [0.2, 0.25) is 0 Å². The van der Waals surface area contributed by atoms with Gasteiger partial charge in [0.2, 0.25) is 0 Å². The average molecular weight is 732 g/mol. The molecular formula is C39H61N3O10. The summed E-state index contributed by atoms with van der Waals surface area (Å²) >= 11 is 0. The summed E-state index contributed by atoms with van der Waals surface area (Å²) < 4.78 is 17.2. The predicted molar refractivity (Wildman–Crippen MR) is 194 cm³/mol. The van der Waals surface area contributed by atoms with Crippen LogP contribution in [-0.4, -0.2) is 129 Å². The number of esters is 1. The van der Waals surface area contributed by atoms with Crippen LogP contribution in [-0.2, 0) is 23.8 Å². The summed E-state index contributed by atoms with van der Waals surface area (Å²) in [5, 5.41) is 31.5. The van der Waals surface area contributed by atoms with Crippen molar-refractivity contribution in [1.29, 1.82) is 0 Å². The summed E-state index contributed by atoms with van der Waals surface area (Å²) in [6, 6.07) is -0.290. The highest BCUT2D eigenvalue weighted by Crippen LogP contribution is 2.28. The topological polar surface area (TPSA) is 166 Å². The molecule has 1 aliphatic carbocycles. The molecule has 7 atom stereocenters. The fourth-order valence-corrected chi connectivity index (χ4v) is 7.60. The Hall–Kier alpha value is -3.42. The highest BCUT2D eigenvalue weighted by atomic mass is 16.6. The Kier molecular flexibility index (Phi) is 15.6. The molecule has 13 heteroatoms. The number of carbonyl (C=O) groups excluding carboxylic acids is 3. The number of cyclic esters (lactones) is 1. The van der Waals surface area contributed by atoms with Crippen molar-refractivity contribution in [3.05, 3.63) is 36.0 Å². The number of hydrogen-bond acceptors (Lipinski definition) is 10. The lowest BCUT2D eigenvalue weighted by molar-refractivity contribution is -0.151. The molecular weight excluding hydrogens is 670 g/mol. The number of ether oxygens (including phenoxy) is 3.